The largest absolute Gasteiger partial charge is 0.497 e. The molecule has 1 atom stereocenters. The van der Waals surface area contributed by atoms with Gasteiger partial charge in [-0.15, -0.1) is 0 Å². The van der Waals surface area contributed by atoms with Crippen molar-refractivity contribution in [1.29, 1.82) is 0 Å². The number of rotatable bonds is 6. The summed E-state index contributed by atoms with van der Waals surface area (Å²) >= 11 is 0. The topological polar surface area (TPSA) is 88.1 Å². The second kappa shape index (κ2) is 9.46. The van der Waals surface area contributed by atoms with E-state index in [0.717, 1.165) is 6.07 Å². The normalized spacial score (nSPS) is 16.4. The number of carboxylic acid groups (broad SMARTS) is 1. The van der Waals surface area contributed by atoms with Crippen LogP contribution in [0.3, 0.4) is 0 Å². The predicted octanol–water partition coefficient (Wildman–Crippen LogP) is 3.43. The van der Waals surface area contributed by atoms with Crippen molar-refractivity contribution >= 4 is 17.6 Å². The maximum absolute atomic E-state index is 14.4. The van der Waals surface area contributed by atoms with E-state index in [1.165, 1.54) is 31.3 Å². The van der Waals surface area contributed by atoms with Gasteiger partial charge in [0.25, 0.3) is 0 Å². The minimum absolute atomic E-state index is 0.00661. The van der Waals surface area contributed by atoms with Crippen molar-refractivity contribution in [1.82, 2.24) is 10.2 Å². The van der Waals surface area contributed by atoms with Crippen LogP contribution in [0.2, 0.25) is 0 Å². The average molecular weight is 432 g/mol. The third-order valence-corrected chi connectivity index (χ3v) is 5.02. The highest BCUT2D eigenvalue weighted by atomic mass is 19.2. The molecule has 0 aromatic heterocycles. The number of halogens is 2. The molecule has 1 aliphatic rings. The van der Waals surface area contributed by atoms with Crippen LogP contribution in [0.15, 0.2) is 42.5 Å². The zero-order chi connectivity index (χ0) is 22.5. The fourth-order valence-corrected chi connectivity index (χ4v) is 3.47. The summed E-state index contributed by atoms with van der Waals surface area (Å²) in [5.74, 6) is -1.47. The molecule has 0 saturated heterocycles. The Morgan fingerprint density at radius 3 is 2.68 bits per heavy atom. The molecule has 0 spiro atoms. The van der Waals surface area contributed by atoms with Gasteiger partial charge >= 0.3 is 6.09 Å². The summed E-state index contributed by atoms with van der Waals surface area (Å²) in [5, 5.41) is 11.3. The molecule has 1 aliphatic heterocycles. The average Bonchev–Trinajstić information content (AvgIpc) is 2.89. The zero-order valence-electron chi connectivity index (χ0n) is 17.0. The van der Waals surface area contributed by atoms with E-state index in [1.54, 1.807) is 24.3 Å². The second-order valence-corrected chi connectivity index (χ2v) is 6.94. The first-order valence-corrected chi connectivity index (χ1v) is 9.46. The minimum atomic E-state index is -1.35. The van der Waals surface area contributed by atoms with E-state index >= 15 is 0 Å². The molecule has 0 radical (unpaired) electrons. The number of carbonyl (C=O) groups is 2. The van der Waals surface area contributed by atoms with Crippen molar-refractivity contribution in [3.05, 3.63) is 65.2 Å². The van der Waals surface area contributed by atoms with Crippen LogP contribution in [0.25, 0.3) is 5.57 Å². The number of amides is 2. The maximum Gasteiger partial charge on any atom is 0.405 e. The van der Waals surface area contributed by atoms with Gasteiger partial charge in [0, 0.05) is 30.3 Å². The van der Waals surface area contributed by atoms with Crippen molar-refractivity contribution in [2.75, 3.05) is 20.8 Å². The molecule has 0 fully saturated rings. The number of carbonyl (C=O) groups excluding carboxylic acids is 1. The van der Waals surface area contributed by atoms with Crippen molar-refractivity contribution in [2.45, 2.75) is 19.0 Å². The van der Waals surface area contributed by atoms with Crippen LogP contribution < -0.4 is 14.8 Å². The van der Waals surface area contributed by atoms with E-state index in [-0.39, 0.29) is 25.1 Å². The van der Waals surface area contributed by atoms with Crippen molar-refractivity contribution in [3.8, 4) is 11.5 Å². The molecule has 0 saturated carbocycles. The molecule has 0 unspecified atom stereocenters. The lowest BCUT2D eigenvalue weighted by Gasteiger charge is -2.26. The summed E-state index contributed by atoms with van der Waals surface area (Å²) < 4.78 is 38.8. The SMILES string of the molecule is COc1ccc(CN2CC(c3cccc(F)c3F)=CC[C@@H](NC(=O)O)C2=O)c(OC)c1. The monoisotopic (exact) mass is 432 g/mol. The number of ether oxygens (including phenoxy) is 2. The van der Waals surface area contributed by atoms with E-state index in [0.29, 0.717) is 22.6 Å². The Balaban J connectivity index is 1.98. The van der Waals surface area contributed by atoms with Crippen molar-refractivity contribution in [2.24, 2.45) is 0 Å². The van der Waals surface area contributed by atoms with Gasteiger partial charge in [0.2, 0.25) is 5.91 Å². The van der Waals surface area contributed by atoms with Crippen LogP contribution >= 0.6 is 0 Å². The fourth-order valence-electron chi connectivity index (χ4n) is 3.47. The van der Waals surface area contributed by atoms with Crippen molar-refractivity contribution in [3.63, 3.8) is 0 Å². The Morgan fingerprint density at radius 1 is 1.23 bits per heavy atom. The third kappa shape index (κ3) is 4.93. The Hall–Kier alpha value is -3.62. The Bertz CT molecular complexity index is 1020. The molecule has 31 heavy (non-hydrogen) atoms. The highest BCUT2D eigenvalue weighted by Crippen LogP contribution is 2.29. The molecule has 7 nitrogen and oxygen atoms in total. The van der Waals surface area contributed by atoms with Gasteiger partial charge in [0.15, 0.2) is 11.6 Å². The van der Waals surface area contributed by atoms with Crippen LogP contribution in [-0.2, 0) is 11.3 Å². The molecule has 2 N–H and O–H groups in total. The fraction of sp³-hybridized carbons (Fsp3) is 0.273. The Kier molecular flexibility index (Phi) is 6.74. The molecule has 0 aliphatic carbocycles. The molecule has 3 rings (SSSR count). The number of methoxy groups -OCH3 is 2. The minimum Gasteiger partial charge on any atom is -0.497 e. The number of nitrogens with one attached hydrogen (secondary N) is 1. The highest BCUT2D eigenvalue weighted by molar-refractivity contribution is 5.88. The summed E-state index contributed by atoms with van der Waals surface area (Å²) in [6.45, 7) is 0.0320. The van der Waals surface area contributed by atoms with Gasteiger partial charge in [-0.1, -0.05) is 18.2 Å². The van der Waals surface area contributed by atoms with Gasteiger partial charge in [-0.2, -0.15) is 0 Å². The standard InChI is InChI=1S/C22H22F2N2O5/c1-30-15-8-6-14(19(10-15)31-2)12-26-11-13(16-4-3-5-17(23)20(16)24)7-9-18(21(26)27)25-22(28)29/h3-8,10,18,25H,9,11-12H2,1-2H3,(H,28,29)/t18-/m1/s1. The van der Waals surface area contributed by atoms with Gasteiger partial charge < -0.3 is 24.8 Å². The Labute approximate surface area is 177 Å². The second-order valence-electron chi connectivity index (χ2n) is 6.94. The third-order valence-electron chi connectivity index (χ3n) is 5.02. The summed E-state index contributed by atoms with van der Waals surface area (Å²) in [7, 11) is 2.99. The van der Waals surface area contributed by atoms with Gasteiger partial charge in [0.1, 0.15) is 17.5 Å². The lowest BCUT2D eigenvalue weighted by atomic mass is 10.0. The van der Waals surface area contributed by atoms with Gasteiger partial charge in [-0.05, 0) is 30.2 Å². The summed E-state index contributed by atoms with van der Waals surface area (Å²) in [4.78, 5) is 25.6. The number of hydrogen-bond acceptors (Lipinski definition) is 4. The van der Waals surface area contributed by atoms with E-state index in [9.17, 15) is 18.4 Å². The first-order valence-electron chi connectivity index (χ1n) is 9.46. The molecule has 0 bridgehead atoms. The summed E-state index contributed by atoms with van der Waals surface area (Å²) in [6.07, 6.45) is 0.211. The Morgan fingerprint density at radius 2 is 2.00 bits per heavy atom. The smallest absolute Gasteiger partial charge is 0.405 e. The van der Waals surface area contributed by atoms with Crippen molar-refractivity contribution < 1.29 is 33.0 Å². The lowest BCUT2D eigenvalue weighted by Crippen LogP contribution is -2.47. The van der Waals surface area contributed by atoms with Gasteiger partial charge in [-0.3, -0.25) is 4.79 Å². The van der Waals surface area contributed by atoms with Crippen LogP contribution in [0.5, 0.6) is 11.5 Å². The first kappa shape index (κ1) is 22.1. The quantitative estimate of drug-likeness (QED) is 0.730. The lowest BCUT2D eigenvalue weighted by molar-refractivity contribution is -0.133. The maximum atomic E-state index is 14.4. The first-order chi connectivity index (χ1) is 14.8. The number of nitrogens with zero attached hydrogens (tertiary/aromatic N) is 1. The predicted molar refractivity (Wildman–Crippen MR) is 109 cm³/mol. The number of benzene rings is 2. The molecule has 1 heterocycles. The van der Waals surface area contributed by atoms with Gasteiger partial charge in [0.05, 0.1) is 14.2 Å². The van der Waals surface area contributed by atoms with E-state index in [2.05, 4.69) is 5.32 Å². The summed E-state index contributed by atoms with van der Waals surface area (Å²) in [6, 6.07) is 7.84. The molecular weight excluding hydrogens is 410 g/mol. The van der Waals surface area contributed by atoms with Gasteiger partial charge in [-0.25, -0.2) is 13.6 Å². The van der Waals surface area contributed by atoms with Crippen LogP contribution in [0, 0.1) is 11.6 Å². The number of hydrogen-bond donors (Lipinski definition) is 2. The summed E-state index contributed by atoms with van der Waals surface area (Å²) in [5.41, 5.74) is 1.05. The van der Waals surface area contributed by atoms with E-state index in [4.69, 9.17) is 14.6 Å². The molecular formula is C22H22F2N2O5. The molecule has 2 amide bonds. The van der Waals surface area contributed by atoms with Crippen LogP contribution in [-0.4, -0.2) is 48.8 Å². The zero-order valence-corrected chi connectivity index (χ0v) is 17.0. The molecule has 9 heteroatoms. The van der Waals surface area contributed by atoms with E-state index < -0.39 is 29.7 Å². The molecule has 2 aromatic rings. The molecule has 164 valence electrons. The highest BCUT2D eigenvalue weighted by Gasteiger charge is 2.30. The molecule has 2 aromatic carbocycles. The van der Waals surface area contributed by atoms with Crippen LogP contribution in [0.1, 0.15) is 17.5 Å². The van der Waals surface area contributed by atoms with E-state index in [1.807, 2.05) is 0 Å². The van der Waals surface area contributed by atoms with Crippen LogP contribution in [0.4, 0.5) is 13.6 Å².